The van der Waals surface area contributed by atoms with E-state index in [4.69, 9.17) is 0 Å². The highest BCUT2D eigenvalue weighted by Gasteiger charge is 2.24. The van der Waals surface area contributed by atoms with Gasteiger partial charge in [-0.05, 0) is 48.7 Å². The summed E-state index contributed by atoms with van der Waals surface area (Å²) in [6, 6.07) is 18.2. The number of aryl methyl sites for hydroxylation is 1. The van der Waals surface area contributed by atoms with Crippen LogP contribution in [0.25, 0.3) is 0 Å². The zero-order valence-corrected chi connectivity index (χ0v) is 16.9. The molecule has 5 rings (SSSR count). The number of pyridine rings is 2. The third-order valence-corrected chi connectivity index (χ3v) is 5.92. The number of piperazine rings is 1. The van der Waals surface area contributed by atoms with E-state index in [1.54, 1.807) is 6.20 Å². The number of nitrogens with zero attached hydrogens (tertiary/aromatic N) is 5. The van der Waals surface area contributed by atoms with E-state index in [9.17, 15) is 4.79 Å². The molecule has 0 unspecified atom stereocenters. The van der Waals surface area contributed by atoms with Gasteiger partial charge in [0.1, 0.15) is 11.6 Å². The van der Waals surface area contributed by atoms with Crippen molar-refractivity contribution in [2.45, 2.75) is 12.8 Å². The smallest absolute Gasteiger partial charge is 0.254 e. The van der Waals surface area contributed by atoms with Gasteiger partial charge in [-0.3, -0.25) is 4.79 Å². The van der Waals surface area contributed by atoms with Crippen molar-refractivity contribution in [1.29, 1.82) is 0 Å². The molecule has 30 heavy (non-hydrogen) atoms. The van der Waals surface area contributed by atoms with Crippen molar-refractivity contribution in [3.63, 3.8) is 0 Å². The lowest BCUT2D eigenvalue weighted by atomic mass is 10.0. The highest BCUT2D eigenvalue weighted by molar-refractivity contribution is 5.95. The van der Waals surface area contributed by atoms with E-state index in [0.29, 0.717) is 18.7 Å². The normalized spacial score (nSPS) is 16.3. The summed E-state index contributed by atoms with van der Waals surface area (Å²) in [4.78, 5) is 28.6. The average Bonchev–Trinajstić information content (AvgIpc) is 2.84. The number of fused-ring (bicyclic) bond motifs is 1. The molecule has 1 amide bonds. The Bertz CT molecular complexity index is 1030. The van der Waals surface area contributed by atoms with Gasteiger partial charge in [0, 0.05) is 56.4 Å². The molecule has 0 radical (unpaired) electrons. The first kappa shape index (κ1) is 18.6. The third kappa shape index (κ3) is 3.61. The SMILES string of the molecule is O=C(c1ccnc(N2CCCc3ccccc32)c1)N1CCN(c2ccccn2)CC1. The number of anilines is 3. The Hall–Kier alpha value is -3.41. The maximum absolute atomic E-state index is 13.2. The van der Waals surface area contributed by atoms with Gasteiger partial charge in [-0.1, -0.05) is 24.3 Å². The van der Waals surface area contributed by atoms with E-state index in [0.717, 1.165) is 44.1 Å². The van der Waals surface area contributed by atoms with Crippen molar-refractivity contribution in [3.8, 4) is 0 Å². The van der Waals surface area contributed by atoms with Gasteiger partial charge in [-0.25, -0.2) is 9.97 Å². The number of hydrogen-bond donors (Lipinski definition) is 0. The highest BCUT2D eigenvalue weighted by Crippen LogP contribution is 2.32. The van der Waals surface area contributed by atoms with Gasteiger partial charge in [-0.2, -0.15) is 0 Å². The second kappa shape index (κ2) is 8.14. The Morgan fingerprint density at radius 2 is 1.60 bits per heavy atom. The summed E-state index contributed by atoms with van der Waals surface area (Å²) in [7, 11) is 0. The Morgan fingerprint density at radius 3 is 2.43 bits per heavy atom. The van der Waals surface area contributed by atoms with E-state index >= 15 is 0 Å². The predicted molar refractivity (Wildman–Crippen MR) is 118 cm³/mol. The minimum absolute atomic E-state index is 0.0737. The molecule has 6 nitrogen and oxygen atoms in total. The molecule has 2 aliphatic rings. The van der Waals surface area contributed by atoms with E-state index < -0.39 is 0 Å². The maximum Gasteiger partial charge on any atom is 0.254 e. The first-order chi connectivity index (χ1) is 14.8. The van der Waals surface area contributed by atoms with E-state index in [-0.39, 0.29) is 5.91 Å². The van der Waals surface area contributed by atoms with Crippen molar-refractivity contribution in [2.24, 2.45) is 0 Å². The summed E-state index contributed by atoms with van der Waals surface area (Å²) >= 11 is 0. The lowest BCUT2D eigenvalue weighted by Gasteiger charge is -2.35. The molecule has 0 saturated carbocycles. The van der Waals surface area contributed by atoms with Crippen molar-refractivity contribution < 1.29 is 4.79 Å². The van der Waals surface area contributed by atoms with Crippen molar-refractivity contribution >= 4 is 23.2 Å². The minimum atomic E-state index is 0.0737. The van der Waals surface area contributed by atoms with Crippen LogP contribution < -0.4 is 9.80 Å². The fourth-order valence-electron chi connectivity index (χ4n) is 4.33. The molecule has 1 aromatic carbocycles. The monoisotopic (exact) mass is 399 g/mol. The van der Waals surface area contributed by atoms with Gasteiger partial charge in [0.25, 0.3) is 5.91 Å². The average molecular weight is 399 g/mol. The second-order valence-electron chi connectivity index (χ2n) is 7.75. The van der Waals surface area contributed by atoms with Gasteiger partial charge in [0.05, 0.1) is 0 Å². The number of benzene rings is 1. The summed E-state index contributed by atoms with van der Waals surface area (Å²) in [5.74, 6) is 1.89. The quantitative estimate of drug-likeness (QED) is 0.675. The van der Waals surface area contributed by atoms with Crippen LogP contribution in [0.4, 0.5) is 17.3 Å². The molecule has 2 aromatic heterocycles. The van der Waals surface area contributed by atoms with Gasteiger partial charge >= 0.3 is 0 Å². The molecule has 0 bridgehead atoms. The maximum atomic E-state index is 13.2. The molecule has 0 atom stereocenters. The van der Waals surface area contributed by atoms with Crippen LogP contribution in [0.1, 0.15) is 22.3 Å². The van der Waals surface area contributed by atoms with E-state index in [2.05, 4.69) is 44.0 Å². The first-order valence-corrected chi connectivity index (χ1v) is 10.6. The van der Waals surface area contributed by atoms with Crippen LogP contribution in [0, 0.1) is 0 Å². The van der Waals surface area contributed by atoms with Crippen molar-refractivity contribution in [1.82, 2.24) is 14.9 Å². The molecule has 0 aliphatic carbocycles. The summed E-state index contributed by atoms with van der Waals surface area (Å²) in [6.45, 7) is 3.89. The molecule has 152 valence electrons. The molecular formula is C24H25N5O. The summed E-state index contributed by atoms with van der Waals surface area (Å²) in [5.41, 5.74) is 3.24. The van der Waals surface area contributed by atoms with Crippen LogP contribution in [0.3, 0.4) is 0 Å². The zero-order chi connectivity index (χ0) is 20.3. The molecule has 4 heterocycles. The van der Waals surface area contributed by atoms with Gasteiger partial charge < -0.3 is 14.7 Å². The zero-order valence-electron chi connectivity index (χ0n) is 16.9. The van der Waals surface area contributed by atoms with E-state index in [1.807, 2.05) is 41.4 Å². The van der Waals surface area contributed by atoms with Crippen LogP contribution in [0.15, 0.2) is 67.0 Å². The Balaban J connectivity index is 1.31. The summed E-state index contributed by atoms with van der Waals surface area (Å²) < 4.78 is 0. The molecule has 1 fully saturated rings. The van der Waals surface area contributed by atoms with E-state index in [1.165, 1.54) is 11.3 Å². The van der Waals surface area contributed by atoms with Gasteiger partial charge in [0.15, 0.2) is 0 Å². The minimum Gasteiger partial charge on any atom is -0.353 e. The standard InChI is InChI=1S/C24H25N5O/c30-24(28-16-14-27(15-17-28)22-9-3-4-11-25-22)20-10-12-26-23(18-20)29-13-5-7-19-6-1-2-8-21(19)29/h1-4,6,8-12,18H,5,7,13-17H2. The van der Waals surface area contributed by atoms with Crippen molar-refractivity contribution in [2.75, 3.05) is 42.5 Å². The van der Waals surface area contributed by atoms with Gasteiger partial charge in [0.2, 0.25) is 0 Å². The highest BCUT2D eigenvalue weighted by atomic mass is 16.2. The molecule has 1 saturated heterocycles. The number of para-hydroxylation sites is 1. The Kier molecular flexibility index (Phi) is 5.05. The Morgan fingerprint density at radius 1 is 0.800 bits per heavy atom. The third-order valence-electron chi connectivity index (χ3n) is 5.92. The van der Waals surface area contributed by atoms with Crippen molar-refractivity contribution in [3.05, 3.63) is 78.1 Å². The largest absolute Gasteiger partial charge is 0.353 e. The van der Waals surface area contributed by atoms with Crippen LogP contribution >= 0.6 is 0 Å². The lowest BCUT2D eigenvalue weighted by molar-refractivity contribution is 0.0746. The lowest BCUT2D eigenvalue weighted by Crippen LogP contribution is -2.49. The van der Waals surface area contributed by atoms with Crippen LogP contribution in [-0.4, -0.2) is 53.5 Å². The first-order valence-electron chi connectivity index (χ1n) is 10.6. The second-order valence-corrected chi connectivity index (χ2v) is 7.75. The molecule has 6 heteroatoms. The fourth-order valence-corrected chi connectivity index (χ4v) is 4.33. The Labute approximate surface area is 176 Å². The molecule has 2 aliphatic heterocycles. The number of aromatic nitrogens is 2. The van der Waals surface area contributed by atoms with Crippen LogP contribution in [0.2, 0.25) is 0 Å². The molecule has 0 N–H and O–H groups in total. The summed E-state index contributed by atoms with van der Waals surface area (Å²) in [6.07, 6.45) is 5.74. The predicted octanol–water partition coefficient (Wildman–Crippen LogP) is 3.52. The molecule has 3 aromatic rings. The molecule has 0 spiro atoms. The number of amides is 1. The number of carbonyl (C=O) groups is 1. The summed E-state index contributed by atoms with van der Waals surface area (Å²) in [5, 5.41) is 0. The fraction of sp³-hybridized carbons (Fsp3) is 0.292. The number of rotatable bonds is 3. The number of carbonyl (C=O) groups excluding carboxylic acids is 1. The van der Waals surface area contributed by atoms with Crippen LogP contribution in [0.5, 0.6) is 0 Å². The van der Waals surface area contributed by atoms with Gasteiger partial charge in [-0.15, -0.1) is 0 Å². The number of hydrogen-bond acceptors (Lipinski definition) is 5. The topological polar surface area (TPSA) is 52.6 Å². The van der Waals surface area contributed by atoms with Crippen LogP contribution in [-0.2, 0) is 6.42 Å². The molecular weight excluding hydrogens is 374 g/mol.